The van der Waals surface area contributed by atoms with Crippen molar-refractivity contribution >= 4 is 23.3 Å². The molecule has 1 aromatic heterocycles. The molecule has 0 radical (unpaired) electrons. The van der Waals surface area contributed by atoms with Crippen molar-refractivity contribution in [2.75, 3.05) is 0 Å². The maximum absolute atomic E-state index is 7.17. The van der Waals surface area contributed by atoms with Crippen molar-refractivity contribution in [2.45, 2.75) is 24.2 Å². The van der Waals surface area contributed by atoms with Gasteiger partial charge in [0.25, 0.3) is 0 Å². The van der Waals surface area contributed by atoms with E-state index in [9.17, 15) is 0 Å². The van der Waals surface area contributed by atoms with E-state index in [2.05, 4.69) is 59.0 Å². The molecule has 0 aliphatic heterocycles. The van der Waals surface area contributed by atoms with Gasteiger partial charge in [0.15, 0.2) is 0 Å². The molecule has 0 bridgehead atoms. The van der Waals surface area contributed by atoms with E-state index >= 15 is 0 Å². The molecule has 2 aromatic rings. The molecule has 0 atom stereocenters. The van der Waals surface area contributed by atoms with E-state index in [-0.39, 0.29) is 0 Å². The van der Waals surface area contributed by atoms with Gasteiger partial charge in [0.2, 0.25) is 0 Å². The molecule has 102 valence electrons. The molecule has 0 aliphatic carbocycles. The summed E-state index contributed by atoms with van der Waals surface area (Å²) in [6.45, 7) is 9.26. The molecule has 2 nitrogen and oxygen atoms in total. The molecule has 20 heavy (non-hydrogen) atoms. The van der Waals surface area contributed by atoms with Gasteiger partial charge in [-0.3, -0.25) is 0 Å². The molecule has 0 saturated carbocycles. The average molecular weight is 326 g/mol. The van der Waals surface area contributed by atoms with Crippen molar-refractivity contribution in [3.8, 4) is 11.3 Å². The van der Waals surface area contributed by atoms with Gasteiger partial charge in [0.05, 0.1) is 0 Å². The summed E-state index contributed by atoms with van der Waals surface area (Å²) in [7, 11) is 2.09. The number of nitrogens with zero attached hydrogens (tertiary/aromatic N) is 2. The normalized spacial score (nSPS) is 11.2. The molecule has 0 spiro atoms. The fourth-order valence-electron chi connectivity index (χ4n) is 2.29. The van der Waals surface area contributed by atoms with Gasteiger partial charge >= 0.3 is 124 Å². The van der Waals surface area contributed by atoms with Crippen LogP contribution < -0.4 is 8.96 Å². The van der Waals surface area contributed by atoms with Gasteiger partial charge in [-0.2, -0.15) is 0 Å². The molecule has 1 aromatic carbocycles. The Morgan fingerprint density at radius 3 is 2.35 bits per heavy atom. The standard InChI is InChI=1S/C17H21GeN2/c1-13-7-9-15(19-5)11-16(13)17-10-8-14(12-20(17)6)18(2,3)4/h7-12H,1-4,6H3/q+1. The van der Waals surface area contributed by atoms with Crippen LogP contribution in [0.4, 0.5) is 5.69 Å². The van der Waals surface area contributed by atoms with Crippen LogP contribution in [0.25, 0.3) is 16.1 Å². The summed E-state index contributed by atoms with van der Waals surface area (Å²) < 4.78 is 3.69. The molecule has 0 unspecified atom stereocenters. The van der Waals surface area contributed by atoms with Gasteiger partial charge in [0, 0.05) is 0 Å². The number of hydrogen-bond donors (Lipinski definition) is 0. The zero-order chi connectivity index (χ0) is 14.9. The van der Waals surface area contributed by atoms with E-state index < -0.39 is 13.3 Å². The predicted octanol–water partition coefficient (Wildman–Crippen LogP) is 3.58. The fraction of sp³-hybridized carbons (Fsp3) is 0.294. The second-order valence-corrected chi connectivity index (χ2v) is 16.9. The van der Waals surface area contributed by atoms with Crippen LogP contribution in [-0.4, -0.2) is 13.3 Å². The summed E-state index contributed by atoms with van der Waals surface area (Å²) in [6, 6.07) is 10.3. The van der Waals surface area contributed by atoms with Crippen molar-refractivity contribution in [1.29, 1.82) is 0 Å². The van der Waals surface area contributed by atoms with E-state index in [1.54, 1.807) is 0 Å². The zero-order valence-corrected chi connectivity index (χ0v) is 15.0. The first-order chi connectivity index (χ1) is 9.32. The van der Waals surface area contributed by atoms with Crippen LogP contribution in [0.15, 0.2) is 36.5 Å². The number of pyridine rings is 1. The Kier molecular flexibility index (Phi) is 4.01. The zero-order valence-electron chi connectivity index (χ0n) is 12.9. The quantitative estimate of drug-likeness (QED) is 0.453. The molecule has 3 heteroatoms. The molecule has 0 N–H and O–H groups in total. The summed E-state index contributed by atoms with van der Waals surface area (Å²) in [5.74, 6) is 7.21. The van der Waals surface area contributed by atoms with Crippen LogP contribution in [-0.2, 0) is 7.05 Å². The number of aromatic nitrogens is 1. The van der Waals surface area contributed by atoms with Crippen LogP contribution in [0.2, 0.25) is 17.3 Å². The van der Waals surface area contributed by atoms with E-state index in [0.29, 0.717) is 5.69 Å². The molecule has 0 saturated heterocycles. The number of aryl methyl sites for hydroxylation is 2. The van der Waals surface area contributed by atoms with Gasteiger partial charge in [0.1, 0.15) is 0 Å². The molecule has 0 amide bonds. The number of hydrogen-bond acceptors (Lipinski definition) is 0. The van der Waals surface area contributed by atoms with E-state index in [1.165, 1.54) is 15.7 Å². The van der Waals surface area contributed by atoms with Crippen molar-refractivity contribution in [2.24, 2.45) is 7.05 Å². The molecule has 1 heterocycles. The van der Waals surface area contributed by atoms with Crippen molar-refractivity contribution < 1.29 is 4.57 Å². The van der Waals surface area contributed by atoms with Gasteiger partial charge < -0.3 is 0 Å². The second kappa shape index (κ2) is 5.42. The van der Waals surface area contributed by atoms with Crippen molar-refractivity contribution in [3.63, 3.8) is 0 Å². The molecule has 0 aliphatic rings. The minimum absolute atomic E-state index is 0.697. The Balaban J connectivity index is 2.57. The van der Waals surface area contributed by atoms with Crippen LogP contribution in [0.1, 0.15) is 5.56 Å². The third-order valence-electron chi connectivity index (χ3n) is 3.63. The first kappa shape index (κ1) is 14.8. The summed E-state index contributed by atoms with van der Waals surface area (Å²) in [4.78, 5) is 3.53. The van der Waals surface area contributed by atoms with Crippen molar-refractivity contribution in [1.82, 2.24) is 0 Å². The van der Waals surface area contributed by atoms with E-state index in [0.717, 1.165) is 5.56 Å². The van der Waals surface area contributed by atoms with Crippen LogP contribution in [0.5, 0.6) is 0 Å². The number of rotatable bonds is 2. The Labute approximate surface area is 124 Å². The summed E-state index contributed by atoms with van der Waals surface area (Å²) in [5, 5.41) is 0. The Morgan fingerprint density at radius 1 is 1.10 bits per heavy atom. The third kappa shape index (κ3) is 2.94. The first-order valence-electron chi connectivity index (χ1n) is 6.81. The van der Waals surface area contributed by atoms with Crippen LogP contribution in [0.3, 0.4) is 0 Å². The monoisotopic (exact) mass is 327 g/mol. The maximum atomic E-state index is 7.17. The first-order valence-corrected chi connectivity index (χ1v) is 14.2. The Morgan fingerprint density at radius 2 is 1.80 bits per heavy atom. The van der Waals surface area contributed by atoms with Gasteiger partial charge in [-0.15, -0.1) is 0 Å². The average Bonchev–Trinajstić information content (AvgIpc) is 2.38. The van der Waals surface area contributed by atoms with Crippen LogP contribution >= 0.6 is 0 Å². The van der Waals surface area contributed by atoms with Crippen LogP contribution in [0, 0.1) is 13.5 Å². The Hall–Kier alpha value is -1.60. The number of benzene rings is 1. The third-order valence-corrected chi connectivity index (χ3v) is 7.88. The minimum atomic E-state index is -1.79. The molecule has 2 rings (SSSR count). The SMILES string of the molecule is [C-]#[N+]c1ccc(C)c(-c2cc[c]([Ge]([CH3])([CH3])[CH3])c[n+]2C)c1. The van der Waals surface area contributed by atoms with E-state index in [4.69, 9.17) is 6.57 Å². The molecular formula is C17H21GeN2+. The van der Waals surface area contributed by atoms with E-state index in [1.807, 2.05) is 18.2 Å². The molecule has 0 fully saturated rings. The van der Waals surface area contributed by atoms with Gasteiger partial charge in [-0.25, -0.2) is 0 Å². The Bertz CT molecular complexity index is 691. The fourth-order valence-corrected chi connectivity index (χ4v) is 4.73. The van der Waals surface area contributed by atoms with Crippen molar-refractivity contribution in [3.05, 3.63) is 53.5 Å². The predicted molar refractivity (Wildman–Crippen MR) is 87.0 cm³/mol. The summed E-state index contributed by atoms with van der Waals surface area (Å²) in [6.07, 6.45) is 2.26. The second-order valence-electron chi connectivity index (χ2n) is 6.27. The topological polar surface area (TPSA) is 8.24 Å². The van der Waals surface area contributed by atoms with Gasteiger partial charge in [-0.05, 0) is 0 Å². The van der Waals surface area contributed by atoms with Gasteiger partial charge in [-0.1, -0.05) is 0 Å². The summed E-state index contributed by atoms with van der Waals surface area (Å²) in [5.41, 5.74) is 4.22. The summed E-state index contributed by atoms with van der Waals surface area (Å²) >= 11 is -1.79. The molecular weight excluding hydrogens is 305 g/mol.